The molecule has 1 aromatic carbocycles. The van der Waals surface area contributed by atoms with Crippen molar-refractivity contribution in [3.63, 3.8) is 0 Å². The van der Waals surface area contributed by atoms with Crippen molar-refractivity contribution >= 4 is 48.1 Å². The number of aliphatic carboxylic acids is 1. The molecule has 0 aliphatic carbocycles. The van der Waals surface area contributed by atoms with Crippen LogP contribution in [0, 0.1) is 0 Å². The Balaban J connectivity index is 0. The molecule has 0 amide bonds. The molecule has 0 radical (unpaired) electrons. The normalized spacial score (nSPS) is 11.0. The molecule has 8 heteroatoms. The number of rotatable bonds is 8. The average Bonchev–Trinajstić information content (AvgIpc) is 2.39. The van der Waals surface area contributed by atoms with Crippen molar-refractivity contribution < 1.29 is 15.0 Å². The van der Waals surface area contributed by atoms with Crippen LogP contribution in [0.5, 0.6) is 0 Å². The minimum Gasteiger partial charge on any atom is -0.480 e. The topological polar surface area (TPSA) is 86.8 Å². The van der Waals surface area contributed by atoms with Gasteiger partial charge in [0.1, 0.15) is 6.04 Å². The van der Waals surface area contributed by atoms with Gasteiger partial charge < -0.3 is 20.8 Å². The van der Waals surface area contributed by atoms with E-state index in [1.54, 1.807) is 0 Å². The summed E-state index contributed by atoms with van der Waals surface area (Å²) < 4.78 is 0. The van der Waals surface area contributed by atoms with Crippen molar-refractivity contribution in [1.82, 2.24) is 0 Å². The van der Waals surface area contributed by atoms with Crippen molar-refractivity contribution in [3.05, 3.63) is 29.8 Å². The van der Waals surface area contributed by atoms with Crippen molar-refractivity contribution in [2.45, 2.75) is 12.5 Å². The van der Waals surface area contributed by atoms with E-state index in [-0.39, 0.29) is 31.4 Å². The lowest BCUT2D eigenvalue weighted by molar-refractivity contribution is -0.138. The third-order valence-corrected chi connectivity index (χ3v) is 2.97. The first-order valence-corrected chi connectivity index (χ1v) is 6.61. The molecule has 1 aromatic rings. The van der Waals surface area contributed by atoms with Crippen molar-refractivity contribution in [2.24, 2.45) is 5.73 Å². The molecule has 0 heterocycles. The van der Waals surface area contributed by atoms with Gasteiger partial charge in [-0.25, -0.2) is 0 Å². The molecule has 0 fully saturated rings. The van der Waals surface area contributed by atoms with Gasteiger partial charge in [-0.3, -0.25) is 4.79 Å². The second kappa shape index (κ2) is 11.9. The third-order valence-electron chi connectivity index (χ3n) is 2.80. The molecule has 122 valence electrons. The maximum atomic E-state index is 10.7. The van der Waals surface area contributed by atoms with E-state index in [0.29, 0.717) is 25.4 Å². The van der Waals surface area contributed by atoms with Gasteiger partial charge in [-0.05, 0) is 24.1 Å². The van der Waals surface area contributed by atoms with Gasteiger partial charge in [0, 0.05) is 24.7 Å². The number of anilines is 1. The molecular weight excluding hydrogens is 339 g/mol. The Bertz CT molecular complexity index is 398. The lowest BCUT2D eigenvalue weighted by atomic mass is 10.1. The summed E-state index contributed by atoms with van der Waals surface area (Å²) in [6.07, 6.45) is 0.297. The van der Waals surface area contributed by atoms with Gasteiger partial charge in [0.2, 0.25) is 0 Å². The smallest absolute Gasteiger partial charge is 0.320 e. The Morgan fingerprint density at radius 1 is 1.24 bits per heavy atom. The Morgan fingerprint density at radius 2 is 1.81 bits per heavy atom. The lowest BCUT2D eigenvalue weighted by Crippen LogP contribution is -2.32. The van der Waals surface area contributed by atoms with Crippen molar-refractivity contribution in [1.29, 1.82) is 0 Å². The molecule has 0 unspecified atom stereocenters. The fourth-order valence-electron chi connectivity index (χ4n) is 1.78. The number of hydrogen-bond donors (Lipinski definition) is 3. The summed E-state index contributed by atoms with van der Waals surface area (Å²) in [7, 11) is 0. The summed E-state index contributed by atoms with van der Waals surface area (Å²) >= 11 is 5.71. The van der Waals surface area contributed by atoms with Gasteiger partial charge in [-0.1, -0.05) is 12.1 Å². The van der Waals surface area contributed by atoms with Crippen LogP contribution in [0.15, 0.2) is 24.3 Å². The number of benzene rings is 1. The van der Waals surface area contributed by atoms with Crippen LogP contribution < -0.4 is 10.6 Å². The zero-order valence-electron chi connectivity index (χ0n) is 11.4. The summed E-state index contributed by atoms with van der Waals surface area (Å²) in [6.45, 7) is 1.22. The van der Waals surface area contributed by atoms with Crippen molar-refractivity contribution in [3.8, 4) is 0 Å². The standard InChI is InChI=1S/C13H19ClN2O3.2ClH/c14-5-6-16(7-8-17)11-3-1-10(2-4-11)9-12(15)13(18)19;;/h1-4,12,17H,5-9,15H2,(H,18,19);2*1H/t12-;;/m0../s1. The minimum atomic E-state index is -1.01. The molecule has 0 saturated carbocycles. The molecule has 0 aliphatic rings. The molecule has 0 bridgehead atoms. The van der Waals surface area contributed by atoms with Crippen LogP contribution >= 0.6 is 36.4 Å². The zero-order valence-corrected chi connectivity index (χ0v) is 13.8. The quantitative estimate of drug-likeness (QED) is 0.613. The number of aliphatic hydroxyl groups excluding tert-OH is 1. The Kier molecular flexibility index (Phi) is 12.8. The molecule has 0 saturated heterocycles. The Hall–Kier alpha value is -0.720. The second-order valence-electron chi connectivity index (χ2n) is 4.21. The second-order valence-corrected chi connectivity index (χ2v) is 4.59. The number of aliphatic hydroxyl groups is 1. The Morgan fingerprint density at radius 3 is 2.24 bits per heavy atom. The minimum absolute atomic E-state index is 0. The van der Waals surface area contributed by atoms with Gasteiger partial charge >= 0.3 is 5.97 Å². The van der Waals surface area contributed by atoms with Crippen LogP contribution in [0.4, 0.5) is 5.69 Å². The van der Waals surface area contributed by atoms with Crippen LogP contribution in [-0.4, -0.2) is 47.8 Å². The molecule has 4 N–H and O–H groups in total. The van der Waals surface area contributed by atoms with E-state index in [2.05, 4.69) is 0 Å². The number of halogens is 3. The monoisotopic (exact) mass is 358 g/mol. The number of carboxylic acid groups (broad SMARTS) is 1. The number of carbonyl (C=O) groups is 1. The van der Waals surface area contributed by atoms with E-state index in [0.717, 1.165) is 11.3 Å². The largest absolute Gasteiger partial charge is 0.480 e. The maximum absolute atomic E-state index is 10.7. The molecule has 0 aliphatic heterocycles. The van der Waals surface area contributed by atoms with E-state index in [9.17, 15) is 4.79 Å². The lowest BCUT2D eigenvalue weighted by Gasteiger charge is -2.23. The van der Waals surface area contributed by atoms with Crippen LogP contribution in [0.1, 0.15) is 5.56 Å². The third kappa shape index (κ3) is 7.74. The van der Waals surface area contributed by atoms with Gasteiger partial charge in [0.25, 0.3) is 0 Å². The fraction of sp³-hybridized carbons (Fsp3) is 0.462. The molecule has 5 nitrogen and oxygen atoms in total. The van der Waals surface area contributed by atoms with Gasteiger partial charge in [-0.15, -0.1) is 36.4 Å². The van der Waals surface area contributed by atoms with Gasteiger partial charge in [0.05, 0.1) is 6.61 Å². The number of hydrogen-bond acceptors (Lipinski definition) is 4. The van der Waals surface area contributed by atoms with E-state index >= 15 is 0 Å². The van der Waals surface area contributed by atoms with Crippen LogP contribution in [-0.2, 0) is 11.2 Å². The molecule has 1 atom stereocenters. The number of carboxylic acids is 1. The predicted molar refractivity (Wildman–Crippen MR) is 90.3 cm³/mol. The summed E-state index contributed by atoms with van der Waals surface area (Å²) in [6, 6.07) is 6.56. The number of nitrogens with zero attached hydrogens (tertiary/aromatic N) is 1. The Labute approximate surface area is 141 Å². The van der Waals surface area contributed by atoms with Crippen LogP contribution in [0.2, 0.25) is 0 Å². The van der Waals surface area contributed by atoms with E-state index in [4.69, 9.17) is 27.5 Å². The number of alkyl halides is 1. The maximum Gasteiger partial charge on any atom is 0.320 e. The molecule has 21 heavy (non-hydrogen) atoms. The first-order valence-electron chi connectivity index (χ1n) is 6.07. The highest BCUT2D eigenvalue weighted by Gasteiger charge is 2.12. The highest BCUT2D eigenvalue weighted by molar-refractivity contribution is 6.18. The molecule has 0 spiro atoms. The highest BCUT2D eigenvalue weighted by Crippen LogP contribution is 2.16. The first-order chi connectivity index (χ1) is 9.08. The molecule has 0 aromatic heterocycles. The number of nitrogens with two attached hydrogens (primary N) is 1. The summed E-state index contributed by atoms with van der Waals surface area (Å²) in [5, 5.41) is 17.7. The van der Waals surface area contributed by atoms with Crippen LogP contribution in [0.25, 0.3) is 0 Å². The van der Waals surface area contributed by atoms with Gasteiger partial charge in [0.15, 0.2) is 0 Å². The van der Waals surface area contributed by atoms with Gasteiger partial charge in [-0.2, -0.15) is 0 Å². The summed E-state index contributed by atoms with van der Waals surface area (Å²) in [5.74, 6) is -0.529. The highest BCUT2D eigenvalue weighted by atomic mass is 35.5. The summed E-state index contributed by atoms with van der Waals surface area (Å²) in [4.78, 5) is 12.6. The zero-order chi connectivity index (χ0) is 14.3. The van der Waals surface area contributed by atoms with E-state index in [1.165, 1.54) is 0 Å². The first kappa shape index (κ1) is 22.6. The van der Waals surface area contributed by atoms with E-state index < -0.39 is 12.0 Å². The molecule has 1 rings (SSSR count). The molecular formula is C13H21Cl3N2O3. The predicted octanol–water partition coefficient (Wildman–Crippen LogP) is 1.52. The van der Waals surface area contributed by atoms with Crippen molar-refractivity contribution in [2.75, 3.05) is 30.5 Å². The average molecular weight is 360 g/mol. The SMILES string of the molecule is Cl.Cl.N[C@@H](Cc1ccc(N(CCO)CCCl)cc1)C(=O)O. The fourth-order valence-corrected chi connectivity index (χ4v) is 1.98. The summed E-state index contributed by atoms with van der Waals surface area (Å²) in [5.41, 5.74) is 7.30. The van der Waals surface area contributed by atoms with Crippen LogP contribution in [0.3, 0.4) is 0 Å². The van der Waals surface area contributed by atoms with E-state index in [1.807, 2.05) is 29.2 Å².